The number of hydrogen-bond acceptors (Lipinski definition) is 4. The lowest BCUT2D eigenvalue weighted by molar-refractivity contribution is -0.139. The van der Waals surface area contributed by atoms with Crippen LogP contribution < -0.4 is 11.1 Å². The van der Waals surface area contributed by atoms with Crippen LogP contribution in [0.25, 0.3) is 0 Å². The minimum Gasteiger partial charge on any atom is -0.383 e. The highest BCUT2D eigenvalue weighted by molar-refractivity contribution is 5.86. The van der Waals surface area contributed by atoms with Crippen LogP contribution >= 0.6 is 0 Å². The number of nitrogens with zero attached hydrogens (tertiary/aromatic N) is 1. The van der Waals surface area contributed by atoms with Gasteiger partial charge in [0.1, 0.15) is 0 Å². The molecule has 2 amide bonds. The third kappa shape index (κ3) is 4.76. The smallest absolute Gasteiger partial charge is 0.239 e. The second-order valence-electron chi connectivity index (χ2n) is 5.63. The van der Waals surface area contributed by atoms with Gasteiger partial charge < -0.3 is 20.7 Å². The Balaban J connectivity index is 2.43. The van der Waals surface area contributed by atoms with Crippen molar-refractivity contribution in [2.75, 3.05) is 33.9 Å². The molecule has 116 valence electrons. The third-order valence-corrected chi connectivity index (χ3v) is 4.00. The van der Waals surface area contributed by atoms with Crippen LogP contribution in [-0.2, 0) is 14.3 Å². The number of amides is 2. The summed E-state index contributed by atoms with van der Waals surface area (Å²) in [5.74, 6) is 0.0124. The van der Waals surface area contributed by atoms with Gasteiger partial charge in [-0.2, -0.15) is 0 Å². The summed E-state index contributed by atoms with van der Waals surface area (Å²) in [6.45, 7) is 3.08. The summed E-state index contributed by atoms with van der Waals surface area (Å²) < 4.78 is 4.85. The molecule has 6 nitrogen and oxygen atoms in total. The quantitative estimate of drug-likeness (QED) is 0.671. The molecule has 0 aromatic rings. The Hall–Kier alpha value is -1.14. The average Bonchev–Trinajstić information content (AvgIpc) is 2.41. The fourth-order valence-corrected chi connectivity index (χ4v) is 2.65. The number of nitrogens with one attached hydrogen (secondary N) is 1. The Morgan fingerprint density at radius 1 is 1.40 bits per heavy atom. The molecule has 0 aliphatic heterocycles. The Kier molecular flexibility index (Phi) is 6.95. The molecule has 0 saturated heterocycles. The summed E-state index contributed by atoms with van der Waals surface area (Å²) in [4.78, 5) is 25.5. The van der Waals surface area contributed by atoms with Gasteiger partial charge in [-0.1, -0.05) is 13.3 Å². The molecule has 0 radical (unpaired) electrons. The van der Waals surface area contributed by atoms with Crippen LogP contribution in [-0.4, -0.2) is 56.6 Å². The predicted octanol–water partition coefficient (Wildman–Crippen LogP) is -0.0291. The van der Waals surface area contributed by atoms with E-state index in [1.165, 1.54) is 4.90 Å². The molecule has 1 aliphatic carbocycles. The van der Waals surface area contributed by atoms with Crippen molar-refractivity contribution >= 4 is 11.8 Å². The SMILES string of the molecule is COCCNC(=O)CN(C)C(=O)C1CCCC(C)C1N. The number of hydrogen-bond donors (Lipinski definition) is 2. The zero-order valence-electron chi connectivity index (χ0n) is 12.7. The van der Waals surface area contributed by atoms with E-state index in [4.69, 9.17) is 10.5 Å². The molecular weight excluding hydrogens is 258 g/mol. The number of likely N-dealkylation sites (N-methyl/N-ethyl adjacent to an activating group) is 1. The standard InChI is InChI=1S/C14H27N3O3/c1-10-5-4-6-11(13(10)15)14(19)17(2)9-12(18)16-7-8-20-3/h10-11,13H,4-9,15H2,1-3H3,(H,16,18). The van der Waals surface area contributed by atoms with E-state index in [9.17, 15) is 9.59 Å². The van der Waals surface area contributed by atoms with Gasteiger partial charge in [0.25, 0.3) is 0 Å². The van der Waals surface area contributed by atoms with Crippen molar-refractivity contribution in [3.63, 3.8) is 0 Å². The summed E-state index contributed by atoms with van der Waals surface area (Å²) in [5, 5.41) is 2.70. The second kappa shape index (κ2) is 8.21. The minimum absolute atomic E-state index is 0.0223. The molecule has 3 atom stereocenters. The monoisotopic (exact) mass is 285 g/mol. The molecule has 6 heteroatoms. The first-order chi connectivity index (χ1) is 9.47. The summed E-state index contributed by atoms with van der Waals surface area (Å²) in [6, 6.07) is -0.102. The van der Waals surface area contributed by atoms with Crippen molar-refractivity contribution in [3.8, 4) is 0 Å². The zero-order valence-corrected chi connectivity index (χ0v) is 12.7. The van der Waals surface area contributed by atoms with Crippen molar-refractivity contribution in [1.29, 1.82) is 0 Å². The average molecular weight is 285 g/mol. The molecule has 1 saturated carbocycles. The maximum atomic E-state index is 12.4. The van der Waals surface area contributed by atoms with Gasteiger partial charge in [0.2, 0.25) is 11.8 Å². The molecule has 0 bridgehead atoms. The Morgan fingerprint density at radius 2 is 2.10 bits per heavy atom. The van der Waals surface area contributed by atoms with Gasteiger partial charge in [-0.05, 0) is 18.8 Å². The number of methoxy groups -OCH3 is 1. The molecule has 0 aromatic heterocycles. The Bertz CT molecular complexity index is 336. The highest BCUT2D eigenvalue weighted by Crippen LogP contribution is 2.28. The maximum absolute atomic E-state index is 12.4. The maximum Gasteiger partial charge on any atom is 0.239 e. The Morgan fingerprint density at radius 3 is 2.75 bits per heavy atom. The topological polar surface area (TPSA) is 84.7 Å². The van der Waals surface area contributed by atoms with Gasteiger partial charge in [0.15, 0.2) is 0 Å². The minimum atomic E-state index is -0.171. The molecule has 20 heavy (non-hydrogen) atoms. The van der Waals surface area contributed by atoms with Gasteiger partial charge in [0.05, 0.1) is 19.1 Å². The summed E-state index contributed by atoms with van der Waals surface area (Å²) >= 11 is 0. The first kappa shape index (κ1) is 16.9. The van der Waals surface area contributed by atoms with Crippen LogP contribution in [0.4, 0.5) is 0 Å². The molecule has 1 fully saturated rings. The van der Waals surface area contributed by atoms with Gasteiger partial charge in [-0.25, -0.2) is 0 Å². The van der Waals surface area contributed by atoms with Crippen molar-refractivity contribution in [2.24, 2.45) is 17.6 Å². The van der Waals surface area contributed by atoms with E-state index < -0.39 is 0 Å². The fourth-order valence-electron chi connectivity index (χ4n) is 2.65. The van der Waals surface area contributed by atoms with Crippen LogP contribution in [0.2, 0.25) is 0 Å². The van der Waals surface area contributed by atoms with Gasteiger partial charge in [-0.3, -0.25) is 9.59 Å². The predicted molar refractivity (Wildman–Crippen MR) is 77.0 cm³/mol. The van der Waals surface area contributed by atoms with Crippen molar-refractivity contribution in [1.82, 2.24) is 10.2 Å². The van der Waals surface area contributed by atoms with E-state index in [0.29, 0.717) is 19.1 Å². The summed E-state index contributed by atoms with van der Waals surface area (Å²) in [7, 11) is 3.23. The van der Waals surface area contributed by atoms with Crippen LogP contribution in [0.1, 0.15) is 26.2 Å². The molecule has 0 spiro atoms. The largest absolute Gasteiger partial charge is 0.383 e. The Labute approximate surface area is 121 Å². The first-order valence-electron chi connectivity index (χ1n) is 7.23. The van der Waals surface area contributed by atoms with Gasteiger partial charge >= 0.3 is 0 Å². The lowest BCUT2D eigenvalue weighted by Gasteiger charge is -2.35. The van der Waals surface area contributed by atoms with Crippen molar-refractivity contribution < 1.29 is 14.3 Å². The van der Waals surface area contributed by atoms with Crippen LogP contribution in [0.15, 0.2) is 0 Å². The fraction of sp³-hybridized carbons (Fsp3) is 0.857. The molecule has 3 N–H and O–H groups in total. The molecule has 0 heterocycles. The van der Waals surface area contributed by atoms with Crippen molar-refractivity contribution in [2.45, 2.75) is 32.2 Å². The van der Waals surface area contributed by atoms with E-state index in [2.05, 4.69) is 12.2 Å². The lowest BCUT2D eigenvalue weighted by atomic mass is 9.77. The van der Waals surface area contributed by atoms with Crippen LogP contribution in [0.3, 0.4) is 0 Å². The number of carbonyl (C=O) groups is 2. The summed E-state index contributed by atoms with van der Waals surface area (Å²) in [6.07, 6.45) is 2.92. The molecule has 0 aromatic carbocycles. The number of carbonyl (C=O) groups excluding carboxylic acids is 2. The number of nitrogens with two attached hydrogens (primary N) is 1. The van der Waals surface area contributed by atoms with E-state index in [1.807, 2.05) is 0 Å². The van der Waals surface area contributed by atoms with E-state index >= 15 is 0 Å². The third-order valence-electron chi connectivity index (χ3n) is 4.00. The molecular formula is C14H27N3O3. The number of ether oxygens (including phenoxy) is 1. The van der Waals surface area contributed by atoms with Gasteiger partial charge in [-0.15, -0.1) is 0 Å². The first-order valence-corrected chi connectivity index (χ1v) is 7.23. The van der Waals surface area contributed by atoms with E-state index in [1.54, 1.807) is 14.2 Å². The van der Waals surface area contributed by atoms with E-state index in [-0.39, 0.29) is 30.3 Å². The summed E-state index contributed by atoms with van der Waals surface area (Å²) in [5.41, 5.74) is 6.13. The number of rotatable bonds is 6. The molecule has 1 rings (SSSR count). The van der Waals surface area contributed by atoms with Crippen LogP contribution in [0, 0.1) is 11.8 Å². The highest BCUT2D eigenvalue weighted by atomic mass is 16.5. The molecule has 1 aliphatic rings. The van der Waals surface area contributed by atoms with Crippen molar-refractivity contribution in [3.05, 3.63) is 0 Å². The van der Waals surface area contributed by atoms with Gasteiger partial charge in [0, 0.05) is 26.7 Å². The molecule has 3 unspecified atom stereocenters. The normalized spacial score (nSPS) is 26.1. The zero-order chi connectivity index (χ0) is 15.1. The van der Waals surface area contributed by atoms with Crippen LogP contribution in [0.5, 0.6) is 0 Å². The lowest BCUT2D eigenvalue weighted by Crippen LogP contribution is -2.49. The highest BCUT2D eigenvalue weighted by Gasteiger charge is 2.34. The second-order valence-corrected chi connectivity index (χ2v) is 5.63. The van der Waals surface area contributed by atoms with E-state index in [0.717, 1.165) is 19.3 Å².